The second kappa shape index (κ2) is 6.50. The second-order valence-corrected chi connectivity index (χ2v) is 6.93. The number of carbonyl (C=O) groups excluding carboxylic acids is 1. The van der Waals surface area contributed by atoms with Crippen LogP contribution in [0.4, 0.5) is 13.2 Å². The van der Waals surface area contributed by atoms with Gasteiger partial charge in [0.2, 0.25) is 5.91 Å². The first-order valence-electron chi connectivity index (χ1n) is 8.82. The minimum Gasteiger partial charge on any atom is -0.352 e. The molecule has 1 unspecified atom stereocenters. The van der Waals surface area contributed by atoms with Gasteiger partial charge < -0.3 is 5.32 Å². The number of rotatable bonds is 4. The fourth-order valence-electron chi connectivity index (χ4n) is 3.09. The fourth-order valence-corrected chi connectivity index (χ4v) is 3.09. The molecule has 1 atom stereocenters. The number of imidazole rings is 1. The Morgan fingerprint density at radius 1 is 1.29 bits per heavy atom. The van der Waals surface area contributed by atoms with Crippen LogP contribution in [0, 0.1) is 0 Å². The number of nitrogens with one attached hydrogen (secondary N) is 2. The average Bonchev–Trinajstić information content (AvgIpc) is 3.40. The molecule has 28 heavy (non-hydrogen) atoms. The molecule has 1 aliphatic carbocycles. The molecule has 3 aromatic rings. The van der Waals surface area contributed by atoms with Crippen LogP contribution in [-0.4, -0.2) is 26.5 Å². The number of hydrogen-bond acceptors (Lipinski definition) is 3. The highest BCUT2D eigenvalue weighted by molar-refractivity contribution is 5.84. The summed E-state index contributed by atoms with van der Waals surface area (Å²) in [5.41, 5.74) is 0.0988. The highest BCUT2D eigenvalue weighted by Crippen LogP contribution is 2.32. The molecule has 0 radical (unpaired) electrons. The van der Waals surface area contributed by atoms with E-state index in [1.165, 1.54) is 22.9 Å². The number of benzene rings is 1. The van der Waals surface area contributed by atoms with Crippen molar-refractivity contribution < 1.29 is 18.0 Å². The number of aromatic nitrogens is 3. The Morgan fingerprint density at radius 3 is 2.71 bits per heavy atom. The van der Waals surface area contributed by atoms with Gasteiger partial charge in [-0.1, -0.05) is 12.1 Å². The van der Waals surface area contributed by atoms with Crippen molar-refractivity contribution in [3.8, 4) is 11.1 Å². The Kier molecular flexibility index (Phi) is 4.24. The van der Waals surface area contributed by atoms with Crippen LogP contribution >= 0.6 is 0 Å². The van der Waals surface area contributed by atoms with Crippen LogP contribution in [0.5, 0.6) is 0 Å². The second-order valence-electron chi connectivity index (χ2n) is 6.93. The largest absolute Gasteiger partial charge is 0.416 e. The molecule has 1 aromatic carbocycles. The van der Waals surface area contributed by atoms with Gasteiger partial charge >= 0.3 is 11.9 Å². The number of amides is 1. The maximum absolute atomic E-state index is 13.0. The van der Waals surface area contributed by atoms with E-state index in [0.717, 1.165) is 25.0 Å². The zero-order chi connectivity index (χ0) is 20.1. The van der Waals surface area contributed by atoms with E-state index in [-0.39, 0.29) is 17.6 Å². The lowest BCUT2D eigenvalue weighted by molar-refractivity contribution is -0.137. The Bertz CT molecular complexity index is 1110. The van der Waals surface area contributed by atoms with Crippen LogP contribution in [0.25, 0.3) is 22.3 Å². The van der Waals surface area contributed by atoms with Gasteiger partial charge in [-0.25, -0.2) is 9.78 Å². The summed E-state index contributed by atoms with van der Waals surface area (Å²) in [4.78, 5) is 31.5. The molecule has 4 rings (SSSR count). The first kappa shape index (κ1) is 18.3. The van der Waals surface area contributed by atoms with E-state index in [2.05, 4.69) is 15.3 Å². The SMILES string of the molecule is CC(C(=O)NC1CC1)n1c(=O)[nH]c2ncc(-c3cccc(C(F)(F)F)c3)cc21. The smallest absolute Gasteiger partial charge is 0.352 e. The van der Waals surface area contributed by atoms with Crippen molar-refractivity contribution in [3.63, 3.8) is 0 Å². The molecule has 1 aliphatic rings. The molecule has 2 N–H and O–H groups in total. The van der Waals surface area contributed by atoms with Gasteiger partial charge in [0, 0.05) is 17.8 Å². The summed E-state index contributed by atoms with van der Waals surface area (Å²) in [5.74, 6) is -0.282. The first-order chi connectivity index (χ1) is 13.2. The van der Waals surface area contributed by atoms with Crippen molar-refractivity contribution in [1.82, 2.24) is 19.9 Å². The van der Waals surface area contributed by atoms with Crippen molar-refractivity contribution in [2.75, 3.05) is 0 Å². The van der Waals surface area contributed by atoms with Gasteiger partial charge in [0.05, 0.1) is 11.1 Å². The lowest BCUT2D eigenvalue weighted by atomic mass is 10.0. The monoisotopic (exact) mass is 390 g/mol. The average molecular weight is 390 g/mol. The summed E-state index contributed by atoms with van der Waals surface area (Å²) >= 11 is 0. The highest BCUT2D eigenvalue weighted by Gasteiger charge is 2.31. The Labute approximate surface area is 157 Å². The highest BCUT2D eigenvalue weighted by atomic mass is 19.4. The van der Waals surface area contributed by atoms with E-state index < -0.39 is 23.5 Å². The summed E-state index contributed by atoms with van der Waals surface area (Å²) in [5, 5.41) is 2.85. The molecule has 146 valence electrons. The third kappa shape index (κ3) is 3.39. The third-order valence-electron chi connectivity index (χ3n) is 4.78. The minimum absolute atomic E-state index is 0.148. The molecule has 1 saturated carbocycles. The zero-order valence-corrected chi connectivity index (χ0v) is 14.9. The van der Waals surface area contributed by atoms with Crippen molar-refractivity contribution in [2.45, 2.75) is 38.0 Å². The van der Waals surface area contributed by atoms with Crippen LogP contribution < -0.4 is 11.0 Å². The summed E-state index contributed by atoms with van der Waals surface area (Å²) in [6.45, 7) is 1.60. The van der Waals surface area contributed by atoms with Crippen LogP contribution in [0.2, 0.25) is 0 Å². The molecule has 2 heterocycles. The zero-order valence-electron chi connectivity index (χ0n) is 14.9. The number of fused-ring (bicyclic) bond motifs is 1. The molecule has 6 nitrogen and oxygen atoms in total. The number of hydrogen-bond donors (Lipinski definition) is 2. The van der Waals surface area contributed by atoms with E-state index in [1.54, 1.807) is 13.0 Å². The number of H-pyrrole nitrogens is 1. The predicted octanol–water partition coefficient (Wildman–Crippen LogP) is 3.25. The lowest BCUT2D eigenvalue weighted by Crippen LogP contribution is -2.36. The Hall–Kier alpha value is -3.10. The molecule has 0 saturated heterocycles. The van der Waals surface area contributed by atoms with Gasteiger partial charge in [0.1, 0.15) is 6.04 Å². The van der Waals surface area contributed by atoms with Gasteiger partial charge in [0.25, 0.3) is 0 Å². The van der Waals surface area contributed by atoms with Gasteiger partial charge in [-0.15, -0.1) is 0 Å². The van der Waals surface area contributed by atoms with E-state index in [9.17, 15) is 22.8 Å². The first-order valence-corrected chi connectivity index (χ1v) is 8.82. The molecular formula is C19H17F3N4O2. The van der Waals surface area contributed by atoms with Crippen LogP contribution in [0.15, 0.2) is 41.3 Å². The molecule has 9 heteroatoms. The predicted molar refractivity (Wildman–Crippen MR) is 96.7 cm³/mol. The molecule has 0 bridgehead atoms. The number of carbonyl (C=O) groups is 1. The maximum atomic E-state index is 13.0. The Balaban J connectivity index is 1.76. The van der Waals surface area contributed by atoms with Gasteiger partial charge in [-0.05, 0) is 43.5 Å². The third-order valence-corrected chi connectivity index (χ3v) is 4.78. The Morgan fingerprint density at radius 2 is 2.04 bits per heavy atom. The summed E-state index contributed by atoms with van der Waals surface area (Å²) in [6.07, 6.45) is -1.23. The van der Waals surface area contributed by atoms with Crippen LogP contribution in [-0.2, 0) is 11.0 Å². The normalized spacial score (nSPS) is 15.6. The number of pyridine rings is 1. The van der Waals surface area contributed by atoms with E-state index in [0.29, 0.717) is 16.6 Å². The molecule has 0 aliphatic heterocycles. The molecule has 2 aromatic heterocycles. The fraction of sp³-hybridized carbons (Fsp3) is 0.316. The number of halogens is 3. The summed E-state index contributed by atoms with van der Waals surface area (Å²) in [6, 6.07) is 5.81. The minimum atomic E-state index is -4.46. The van der Waals surface area contributed by atoms with Crippen molar-refractivity contribution >= 4 is 17.1 Å². The van der Waals surface area contributed by atoms with Gasteiger partial charge in [0.15, 0.2) is 5.65 Å². The van der Waals surface area contributed by atoms with E-state index in [4.69, 9.17) is 0 Å². The van der Waals surface area contributed by atoms with Crippen molar-refractivity contribution in [1.29, 1.82) is 0 Å². The quantitative estimate of drug-likeness (QED) is 0.718. The number of aromatic amines is 1. The van der Waals surface area contributed by atoms with Gasteiger partial charge in [-0.3, -0.25) is 14.3 Å². The van der Waals surface area contributed by atoms with Crippen LogP contribution in [0.1, 0.15) is 31.4 Å². The maximum Gasteiger partial charge on any atom is 0.416 e. The van der Waals surface area contributed by atoms with Crippen molar-refractivity contribution in [3.05, 3.63) is 52.6 Å². The summed E-state index contributed by atoms with van der Waals surface area (Å²) < 4.78 is 40.3. The topological polar surface area (TPSA) is 79.8 Å². The number of alkyl halides is 3. The van der Waals surface area contributed by atoms with E-state index >= 15 is 0 Å². The molecular weight excluding hydrogens is 373 g/mol. The summed E-state index contributed by atoms with van der Waals surface area (Å²) in [7, 11) is 0. The molecule has 0 spiro atoms. The lowest BCUT2D eigenvalue weighted by Gasteiger charge is -2.14. The molecule has 1 fully saturated rings. The number of nitrogens with zero attached hydrogens (tertiary/aromatic N) is 2. The van der Waals surface area contributed by atoms with Gasteiger partial charge in [-0.2, -0.15) is 13.2 Å². The van der Waals surface area contributed by atoms with Crippen LogP contribution in [0.3, 0.4) is 0 Å². The van der Waals surface area contributed by atoms with E-state index in [1.807, 2.05) is 0 Å². The standard InChI is InChI=1S/C19H17F3N4O2/c1-10(17(27)24-14-5-6-14)26-15-8-12(9-23-16(15)25-18(26)28)11-3-2-4-13(7-11)19(20,21)22/h2-4,7-10,14H,5-6H2,1H3,(H,24,27)(H,23,25,28). The van der Waals surface area contributed by atoms with Crippen molar-refractivity contribution in [2.24, 2.45) is 0 Å². The molecule has 1 amide bonds.